The van der Waals surface area contributed by atoms with E-state index in [0.717, 1.165) is 5.69 Å². The van der Waals surface area contributed by atoms with Crippen molar-refractivity contribution in [3.05, 3.63) is 54.6 Å². The van der Waals surface area contributed by atoms with Crippen LogP contribution in [0.25, 0.3) is 5.69 Å². The van der Waals surface area contributed by atoms with Gasteiger partial charge in [-0.3, -0.25) is 4.79 Å². The normalized spacial score (nSPS) is 10.3. The number of amides is 1. The van der Waals surface area contributed by atoms with Gasteiger partial charge in [0.05, 0.1) is 24.8 Å². The lowest BCUT2D eigenvalue weighted by Crippen LogP contribution is -2.33. The molecular weight excluding hydrogens is 388 g/mol. The molecule has 0 spiro atoms. The van der Waals surface area contributed by atoms with Crippen molar-refractivity contribution in [1.29, 1.82) is 5.26 Å². The summed E-state index contributed by atoms with van der Waals surface area (Å²) in [4.78, 5) is 14.5. The van der Waals surface area contributed by atoms with Crippen LogP contribution in [0.1, 0.15) is 13.3 Å². The van der Waals surface area contributed by atoms with Gasteiger partial charge in [0, 0.05) is 12.2 Å². The molecule has 3 aromatic rings. The number of benzene rings is 2. The average molecular weight is 408 g/mol. The molecule has 1 heterocycles. The van der Waals surface area contributed by atoms with E-state index in [2.05, 4.69) is 21.6 Å². The Labute approximate surface area is 173 Å². The molecular formula is C20H20N6O2S. The Hall–Kier alpha value is -3.38. The van der Waals surface area contributed by atoms with Crippen LogP contribution in [0, 0.1) is 11.3 Å². The number of hydrogen-bond acceptors (Lipinski definition) is 7. The lowest BCUT2D eigenvalue weighted by atomic mass is 10.2. The molecule has 8 nitrogen and oxygen atoms in total. The highest BCUT2D eigenvalue weighted by atomic mass is 32.2. The van der Waals surface area contributed by atoms with Gasteiger partial charge in [0.2, 0.25) is 11.1 Å². The second-order valence-corrected chi connectivity index (χ2v) is 6.79. The van der Waals surface area contributed by atoms with Crippen molar-refractivity contribution in [2.75, 3.05) is 23.8 Å². The van der Waals surface area contributed by atoms with Crippen molar-refractivity contribution >= 4 is 23.4 Å². The predicted molar refractivity (Wildman–Crippen MR) is 110 cm³/mol. The first-order valence-electron chi connectivity index (χ1n) is 9.10. The van der Waals surface area contributed by atoms with Crippen LogP contribution in [0.15, 0.2) is 59.8 Å². The number of thioether (sulfide) groups is 1. The van der Waals surface area contributed by atoms with Crippen LogP contribution in [-0.4, -0.2) is 45.0 Å². The topological polar surface area (TPSA) is 96.9 Å². The molecule has 0 atom stereocenters. The van der Waals surface area contributed by atoms with Crippen LogP contribution in [0.3, 0.4) is 0 Å². The molecule has 1 aromatic heterocycles. The Morgan fingerprint density at radius 2 is 1.97 bits per heavy atom. The zero-order valence-electron chi connectivity index (χ0n) is 15.9. The van der Waals surface area contributed by atoms with Gasteiger partial charge in [0.1, 0.15) is 11.4 Å². The van der Waals surface area contributed by atoms with Gasteiger partial charge >= 0.3 is 0 Å². The number of tetrazole rings is 1. The number of aromatic nitrogens is 4. The summed E-state index contributed by atoms with van der Waals surface area (Å²) in [6, 6.07) is 18.9. The molecule has 2 aromatic carbocycles. The van der Waals surface area contributed by atoms with Gasteiger partial charge < -0.3 is 9.64 Å². The van der Waals surface area contributed by atoms with E-state index >= 15 is 0 Å². The Morgan fingerprint density at radius 3 is 2.72 bits per heavy atom. The predicted octanol–water partition coefficient (Wildman–Crippen LogP) is 3.10. The molecule has 3 rings (SSSR count). The maximum atomic E-state index is 12.9. The molecule has 0 aliphatic carbocycles. The van der Waals surface area contributed by atoms with E-state index in [1.54, 1.807) is 9.58 Å². The summed E-state index contributed by atoms with van der Waals surface area (Å²) in [5, 5.41) is 21.2. The first kappa shape index (κ1) is 20.4. The minimum Gasteiger partial charge on any atom is -0.492 e. The summed E-state index contributed by atoms with van der Waals surface area (Å²) in [6.07, 6.45) is 0.255. The molecule has 0 unspecified atom stereocenters. The molecule has 0 saturated heterocycles. The Balaban J connectivity index is 1.76. The number of hydrogen-bond donors (Lipinski definition) is 0. The zero-order valence-corrected chi connectivity index (χ0v) is 16.7. The van der Waals surface area contributed by atoms with Crippen LogP contribution >= 0.6 is 11.8 Å². The molecule has 0 bridgehead atoms. The van der Waals surface area contributed by atoms with Crippen molar-refractivity contribution in [3.8, 4) is 17.5 Å². The smallest absolute Gasteiger partial charge is 0.237 e. The van der Waals surface area contributed by atoms with Gasteiger partial charge in [0.25, 0.3) is 0 Å². The molecule has 0 saturated carbocycles. The molecule has 0 aliphatic rings. The maximum absolute atomic E-state index is 12.9. The van der Waals surface area contributed by atoms with E-state index in [4.69, 9.17) is 10.00 Å². The summed E-state index contributed by atoms with van der Waals surface area (Å²) < 4.78 is 7.21. The molecule has 9 heteroatoms. The van der Waals surface area contributed by atoms with Crippen molar-refractivity contribution in [2.24, 2.45) is 0 Å². The van der Waals surface area contributed by atoms with Crippen LogP contribution in [0.4, 0.5) is 5.69 Å². The number of rotatable bonds is 9. The first-order chi connectivity index (χ1) is 14.2. The average Bonchev–Trinajstić information content (AvgIpc) is 3.22. The van der Waals surface area contributed by atoms with E-state index in [1.807, 2.05) is 61.5 Å². The Bertz CT molecular complexity index is 986. The third-order valence-corrected chi connectivity index (χ3v) is 4.88. The zero-order chi connectivity index (χ0) is 20.5. The van der Waals surface area contributed by atoms with Crippen LogP contribution in [0.2, 0.25) is 0 Å². The summed E-state index contributed by atoms with van der Waals surface area (Å²) in [6.45, 7) is 2.76. The molecule has 0 N–H and O–H groups in total. The van der Waals surface area contributed by atoms with Gasteiger partial charge in [-0.2, -0.15) is 9.94 Å². The summed E-state index contributed by atoms with van der Waals surface area (Å²) in [7, 11) is 0. The number of ether oxygens (including phenoxy) is 1. The monoisotopic (exact) mass is 408 g/mol. The highest BCUT2D eigenvalue weighted by molar-refractivity contribution is 7.99. The number of nitrogens with zero attached hydrogens (tertiary/aromatic N) is 6. The maximum Gasteiger partial charge on any atom is 0.237 e. The fourth-order valence-electron chi connectivity index (χ4n) is 2.70. The van der Waals surface area contributed by atoms with E-state index in [1.165, 1.54) is 11.8 Å². The summed E-state index contributed by atoms with van der Waals surface area (Å²) >= 11 is 1.24. The van der Waals surface area contributed by atoms with Crippen LogP contribution < -0.4 is 9.64 Å². The standard InChI is InChI=1S/C20H20N6O2S/c1-2-28-18-12-7-6-11-17(18)26-20(22-23-24-26)29-15-19(27)25(14-8-13-21)16-9-4-3-5-10-16/h3-7,9-12H,2,8,14-15H2,1H3. The molecule has 0 aliphatic heterocycles. The Morgan fingerprint density at radius 1 is 1.21 bits per heavy atom. The third kappa shape index (κ3) is 5.12. The van der Waals surface area contributed by atoms with Crippen molar-refractivity contribution in [3.63, 3.8) is 0 Å². The lowest BCUT2D eigenvalue weighted by Gasteiger charge is -2.21. The fraction of sp³-hybridized carbons (Fsp3) is 0.250. The SMILES string of the molecule is CCOc1ccccc1-n1nnnc1SCC(=O)N(CCC#N)c1ccccc1. The molecule has 29 heavy (non-hydrogen) atoms. The molecule has 0 fully saturated rings. The van der Waals surface area contributed by atoms with E-state index in [0.29, 0.717) is 29.7 Å². The van der Waals surface area contributed by atoms with Crippen molar-refractivity contribution in [2.45, 2.75) is 18.5 Å². The minimum atomic E-state index is -0.121. The third-order valence-electron chi connectivity index (χ3n) is 3.98. The number of carbonyl (C=O) groups is 1. The van der Waals surface area contributed by atoms with Gasteiger partial charge in [-0.1, -0.05) is 42.1 Å². The summed E-state index contributed by atoms with van der Waals surface area (Å²) in [5.74, 6) is 0.678. The van der Waals surface area contributed by atoms with Crippen molar-refractivity contribution < 1.29 is 9.53 Å². The number of anilines is 1. The van der Waals surface area contributed by atoms with E-state index in [-0.39, 0.29) is 18.1 Å². The number of nitriles is 1. The van der Waals surface area contributed by atoms with E-state index < -0.39 is 0 Å². The highest BCUT2D eigenvalue weighted by Crippen LogP contribution is 2.26. The highest BCUT2D eigenvalue weighted by Gasteiger charge is 2.19. The largest absolute Gasteiger partial charge is 0.492 e. The van der Waals surface area contributed by atoms with Gasteiger partial charge in [-0.05, 0) is 41.6 Å². The molecule has 148 valence electrons. The fourth-order valence-corrected chi connectivity index (χ4v) is 3.46. The Kier molecular flexibility index (Phi) is 7.19. The van der Waals surface area contributed by atoms with Gasteiger partial charge in [0.15, 0.2) is 0 Å². The molecule has 1 amide bonds. The van der Waals surface area contributed by atoms with E-state index in [9.17, 15) is 4.79 Å². The second kappa shape index (κ2) is 10.2. The quantitative estimate of drug-likeness (QED) is 0.502. The van der Waals surface area contributed by atoms with Gasteiger partial charge in [-0.15, -0.1) is 5.10 Å². The second-order valence-electron chi connectivity index (χ2n) is 5.85. The van der Waals surface area contributed by atoms with Crippen LogP contribution in [0.5, 0.6) is 5.75 Å². The number of para-hydroxylation sites is 3. The van der Waals surface area contributed by atoms with Crippen molar-refractivity contribution in [1.82, 2.24) is 20.2 Å². The van der Waals surface area contributed by atoms with Crippen LogP contribution in [-0.2, 0) is 4.79 Å². The summed E-state index contributed by atoms with van der Waals surface area (Å²) in [5.41, 5.74) is 1.47. The van der Waals surface area contributed by atoms with Gasteiger partial charge in [-0.25, -0.2) is 0 Å². The molecule has 0 radical (unpaired) electrons. The number of carbonyl (C=O) groups excluding carboxylic acids is 1. The first-order valence-corrected chi connectivity index (χ1v) is 10.1. The minimum absolute atomic E-state index is 0.121. The lowest BCUT2D eigenvalue weighted by molar-refractivity contribution is -0.116.